The summed E-state index contributed by atoms with van der Waals surface area (Å²) < 4.78 is 76.6. The molecule has 4 rings (SSSR count). The van der Waals surface area contributed by atoms with Crippen LogP contribution in [0.3, 0.4) is 0 Å². The fourth-order valence-corrected chi connectivity index (χ4v) is 5.12. The van der Waals surface area contributed by atoms with Crippen LogP contribution >= 0.6 is 11.6 Å². The summed E-state index contributed by atoms with van der Waals surface area (Å²) in [5, 5.41) is 25.3. The van der Waals surface area contributed by atoms with Gasteiger partial charge in [0.05, 0.1) is 47.8 Å². The second-order valence-corrected chi connectivity index (χ2v) is 10.7. The lowest BCUT2D eigenvalue weighted by Gasteiger charge is -2.25. The third kappa shape index (κ3) is 7.36. The van der Waals surface area contributed by atoms with Gasteiger partial charge in [0.25, 0.3) is 5.91 Å². The molecule has 1 aromatic heterocycles. The number of amides is 1. The zero-order valence-corrected chi connectivity index (χ0v) is 23.8. The molecular weight excluding hydrogens is 603 g/mol. The van der Waals surface area contributed by atoms with E-state index in [0.29, 0.717) is 18.2 Å². The number of carbonyl (C=O) groups is 2. The normalized spacial score (nSPS) is 15.3. The van der Waals surface area contributed by atoms with E-state index in [-0.39, 0.29) is 54.7 Å². The van der Waals surface area contributed by atoms with Crippen LogP contribution in [0.15, 0.2) is 30.5 Å². The van der Waals surface area contributed by atoms with Gasteiger partial charge in [0.15, 0.2) is 0 Å². The average Bonchev–Trinajstić information content (AvgIpc) is 3.52. The van der Waals surface area contributed by atoms with Crippen LogP contribution in [0.5, 0.6) is 5.75 Å². The van der Waals surface area contributed by atoms with Gasteiger partial charge in [-0.05, 0) is 30.0 Å². The summed E-state index contributed by atoms with van der Waals surface area (Å²) in [5.74, 6) is -4.68. The van der Waals surface area contributed by atoms with Crippen molar-refractivity contribution in [2.45, 2.75) is 51.4 Å². The van der Waals surface area contributed by atoms with E-state index in [4.69, 9.17) is 16.3 Å². The topological polar surface area (TPSA) is 117 Å². The van der Waals surface area contributed by atoms with E-state index in [0.717, 1.165) is 18.2 Å². The minimum atomic E-state index is -4.91. The average molecular weight is 631 g/mol. The zero-order chi connectivity index (χ0) is 31.6. The molecule has 9 nitrogen and oxygen atoms in total. The molecule has 0 radical (unpaired) electrons. The van der Waals surface area contributed by atoms with Crippen molar-refractivity contribution in [1.82, 2.24) is 9.78 Å². The van der Waals surface area contributed by atoms with Crippen LogP contribution in [-0.2, 0) is 23.9 Å². The molecule has 3 N–H and O–H groups in total. The number of aromatic nitrogens is 2. The predicted octanol–water partition coefficient (Wildman–Crippen LogP) is 5.49. The first-order valence-electron chi connectivity index (χ1n) is 13.2. The molecular formula is C28H28ClF5N4O5. The van der Waals surface area contributed by atoms with Gasteiger partial charge in [0.2, 0.25) is 0 Å². The molecule has 1 aliphatic heterocycles. The van der Waals surface area contributed by atoms with Gasteiger partial charge in [-0.3, -0.25) is 14.3 Å². The van der Waals surface area contributed by atoms with Crippen molar-refractivity contribution in [3.8, 4) is 5.75 Å². The molecule has 1 aliphatic rings. The smallest absolute Gasteiger partial charge is 0.418 e. The van der Waals surface area contributed by atoms with Crippen LogP contribution in [-0.4, -0.2) is 57.7 Å². The molecule has 0 spiro atoms. The maximum Gasteiger partial charge on any atom is 0.418 e. The van der Waals surface area contributed by atoms with Crippen LogP contribution in [0.4, 0.5) is 33.3 Å². The fraction of sp³-hybridized carbons (Fsp3) is 0.393. The van der Waals surface area contributed by atoms with E-state index < -0.39 is 58.5 Å². The predicted molar refractivity (Wildman–Crippen MR) is 147 cm³/mol. The van der Waals surface area contributed by atoms with Gasteiger partial charge in [-0.25, -0.2) is 8.78 Å². The Bertz CT molecular complexity index is 1530. The molecule has 1 saturated heterocycles. The third-order valence-corrected chi connectivity index (χ3v) is 7.18. The largest absolute Gasteiger partial charge is 0.490 e. The van der Waals surface area contributed by atoms with E-state index >= 15 is 0 Å². The molecule has 1 amide bonds. The van der Waals surface area contributed by atoms with E-state index in [2.05, 4.69) is 10.4 Å². The van der Waals surface area contributed by atoms with Crippen molar-refractivity contribution in [2.24, 2.45) is 0 Å². The number of β-amino-alcohol motifs (C(OH)–C–C–N with tert-alkyl or cyclic N) is 1. The number of halogens is 6. The Morgan fingerprint density at radius 2 is 1.93 bits per heavy atom. The number of aliphatic hydroxyl groups is 1. The molecule has 43 heavy (non-hydrogen) atoms. The number of carboxylic acids is 1. The Hall–Kier alpha value is -3.91. The number of aliphatic carboxylic acids is 1. The number of rotatable bonds is 10. The molecule has 2 aromatic carbocycles. The highest BCUT2D eigenvalue weighted by Crippen LogP contribution is 2.40. The van der Waals surface area contributed by atoms with Crippen LogP contribution < -0.4 is 15.0 Å². The van der Waals surface area contributed by atoms with Crippen molar-refractivity contribution in [2.75, 3.05) is 29.9 Å². The highest BCUT2D eigenvalue weighted by Gasteiger charge is 2.37. The maximum absolute atomic E-state index is 14.2. The number of aliphatic hydroxyl groups excluding tert-OH is 1. The standard InChI is InChI=1S/C28H28ClF5N4O5/c1-14(2)26-18(12-35-38(26)5-6-43-23-10-16(30)9-20(31)25(23)29)27(42)36-21-7-15(8-24(40)41)22(11-19(21)28(32,33)34)37-4-3-17(39)13-37/h7,9-12,14,17,39H,3-6,8,13H2,1-2H3,(H,36,42)(H,40,41)/t17-/m1/s1. The van der Waals surface area contributed by atoms with Gasteiger partial charge in [-0.15, -0.1) is 0 Å². The SMILES string of the molecule is CC(C)c1c(C(=O)Nc2cc(CC(=O)O)c(N3CC[C@@H](O)C3)cc2C(F)(F)F)cnn1CCOc1cc(F)cc(F)c1Cl. The van der Waals surface area contributed by atoms with Gasteiger partial charge >= 0.3 is 12.1 Å². The Kier molecular flexibility index (Phi) is 9.50. The fourth-order valence-electron chi connectivity index (χ4n) is 4.96. The molecule has 0 bridgehead atoms. The number of anilines is 2. The van der Waals surface area contributed by atoms with Crippen molar-refractivity contribution < 1.29 is 46.5 Å². The Morgan fingerprint density at radius 3 is 2.53 bits per heavy atom. The van der Waals surface area contributed by atoms with E-state index in [1.807, 2.05) is 0 Å². The van der Waals surface area contributed by atoms with Gasteiger partial charge < -0.3 is 25.2 Å². The first kappa shape index (κ1) is 32.0. The maximum atomic E-state index is 14.2. The summed E-state index contributed by atoms with van der Waals surface area (Å²) in [7, 11) is 0. The number of hydrogen-bond donors (Lipinski definition) is 3. The minimum Gasteiger partial charge on any atom is -0.490 e. The molecule has 15 heteroatoms. The summed E-state index contributed by atoms with van der Waals surface area (Å²) in [5.41, 5.74) is -1.46. The molecule has 1 atom stereocenters. The van der Waals surface area contributed by atoms with Crippen LogP contribution in [0.2, 0.25) is 5.02 Å². The number of nitrogens with zero attached hydrogens (tertiary/aromatic N) is 3. The lowest BCUT2D eigenvalue weighted by atomic mass is 10.0. The summed E-state index contributed by atoms with van der Waals surface area (Å²) in [6, 6.07) is 3.29. The summed E-state index contributed by atoms with van der Waals surface area (Å²) in [4.78, 5) is 26.4. The molecule has 2 heterocycles. The number of hydrogen-bond acceptors (Lipinski definition) is 6. The number of ether oxygens (including phenoxy) is 1. The van der Waals surface area contributed by atoms with Crippen LogP contribution in [0.1, 0.15) is 53.4 Å². The van der Waals surface area contributed by atoms with Crippen molar-refractivity contribution >= 4 is 34.9 Å². The third-order valence-electron chi connectivity index (χ3n) is 6.81. The molecule has 232 valence electrons. The Labute approximate surface area is 247 Å². The summed E-state index contributed by atoms with van der Waals surface area (Å²) in [6.07, 6.45) is -4.81. The summed E-state index contributed by atoms with van der Waals surface area (Å²) in [6.45, 7) is 3.58. The molecule has 0 unspecified atom stereocenters. The van der Waals surface area contributed by atoms with Crippen molar-refractivity contribution in [1.29, 1.82) is 0 Å². The lowest BCUT2D eigenvalue weighted by Crippen LogP contribution is -2.25. The minimum absolute atomic E-state index is 0.00218. The van der Waals surface area contributed by atoms with Crippen molar-refractivity contribution in [3.05, 3.63) is 69.5 Å². The number of alkyl halides is 3. The molecule has 1 fully saturated rings. The second kappa shape index (κ2) is 12.8. The number of nitrogens with one attached hydrogen (secondary N) is 1. The van der Waals surface area contributed by atoms with E-state index in [9.17, 15) is 41.8 Å². The van der Waals surface area contributed by atoms with E-state index in [1.165, 1.54) is 15.8 Å². The van der Waals surface area contributed by atoms with Crippen LogP contribution in [0, 0.1) is 11.6 Å². The van der Waals surface area contributed by atoms with Gasteiger partial charge in [-0.1, -0.05) is 25.4 Å². The first-order valence-corrected chi connectivity index (χ1v) is 13.6. The number of carbonyl (C=O) groups excluding carboxylic acids is 1. The monoisotopic (exact) mass is 630 g/mol. The van der Waals surface area contributed by atoms with Gasteiger partial charge in [0, 0.05) is 30.9 Å². The quantitative estimate of drug-likeness (QED) is 0.200. The molecule has 0 saturated carbocycles. The lowest BCUT2D eigenvalue weighted by molar-refractivity contribution is -0.137. The first-order chi connectivity index (χ1) is 20.1. The highest BCUT2D eigenvalue weighted by atomic mass is 35.5. The van der Waals surface area contributed by atoms with Crippen molar-refractivity contribution in [3.63, 3.8) is 0 Å². The molecule has 3 aromatic rings. The van der Waals surface area contributed by atoms with Gasteiger partial charge in [-0.2, -0.15) is 18.3 Å². The molecule has 0 aliphatic carbocycles. The van der Waals surface area contributed by atoms with Crippen LogP contribution in [0.25, 0.3) is 0 Å². The van der Waals surface area contributed by atoms with Gasteiger partial charge in [0.1, 0.15) is 29.0 Å². The summed E-state index contributed by atoms with van der Waals surface area (Å²) >= 11 is 5.82. The number of carboxylic acid groups (broad SMARTS) is 1. The Morgan fingerprint density at radius 1 is 1.21 bits per heavy atom. The highest BCUT2D eigenvalue weighted by molar-refractivity contribution is 6.32. The Balaban J connectivity index is 1.62. The second-order valence-electron chi connectivity index (χ2n) is 10.3. The van der Waals surface area contributed by atoms with E-state index in [1.54, 1.807) is 13.8 Å². The number of benzene rings is 2. The zero-order valence-electron chi connectivity index (χ0n) is 23.0.